The van der Waals surface area contributed by atoms with Crippen LogP contribution >= 0.6 is 0 Å². The van der Waals surface area contributed by atoms with Gasteiger partial charge in [-0.25, -0.2) is 4.79 Å². The van der Waals surface area contributed by atoms with Gasteiger partial charge in [0.15, 0.2) is 0 Å². The van der Waals surface area contributed by atoms with Gasteiger partial charge in [-0.05, 0) is 6.07 Å². The Morgan fingerprint density at radius 2 is 1.69 bits per heavy atom. The molecule has 0 unspecified atom stereocenters. The quantitative estimate of drug-likeness (QED) is 0.834. The summed E-state index contributed by atoms with van der Waals surface area (Å²) >= 11 is 0. The lowest BCUT2D eigenvalue weighted by Crippen LogP contribution is -1.95. The van der Waals surface area contributed by atoms with Crippen molar-refractivity contribution in [2.24, 2.45) is 0 Å². The van der Waals surface area contributed by atoms with Crippen LogP contribution in [0.3, 0.4) is 0 Å². The van der Waals surface area contributed by atoms with Gasteiger partial charge in [0.25, 0.3) is 0 Å². The van der Waals surface area contributed by atoms with Crippen LogP contribution in [0.5, 0.6) is 0 Å². The SMILES string of the molecule is C.C.O=C(O)c1ccoc1-c1ccccc1. The summed E-state index contributed by atoms with van der Waals surface area (Å²) in [6, 6.07) is 10.6. The summed E-state index contributed by atoms with van der Waals surface area (Å²) < 4.78 is 5.13. The number of hydrogen-bond donors (Lipinski definition) is 1. The second kappa shape index (κ2) is 5.75. The van der Waals surface area contributed by atoms with Crippen LogP contribution in [0, 0.1) is 0 Å². The fourth-order valence-electron chi connectivity index (χ4n) is 1.29. The van der Waals surface area contributed by atoms with Crippen LogP contribution in [0.2, 0.25) is 0 Å². The van der Waals surface area contributed by atoms with Gasteiger partial charge in [-0.2, -0.15) is 0 Å². The van der Waals surface area contributed by atoms with Crippen molar-refractivity contribution in [1.29, 1.82) is 0 Å². The number of carboxylic acids is 1. The predicted octanol–water partition coefficient (Wildman–Crippen LogP) is 3.92. The van der Waals surface area contributed by atoms with Crippen LogP contribution in [0.4, 0.5) is 0 Å². The van der Waals surface area contributed by atoms with Crippen LogP contribution in [-0.4, -0.2) is 11.1 Å². The summed E-state index contributed by atoms with van der Waals surface area (Å²) in [5.41, 5.74) is 0.964. The summed E-state index contributed by atoms with van der Waals surface area (Å²) in [4.78, 5) is 10.8. The molecule has 1 heterocycles. The Morgan fingerprint density at radius 1 is 1.06 bits per heavy atom. The first-order valence-corrected chi connectivity index (χ1v) is 4.15. The molecule has 0 aliphatic heterocycles. The van der Waals surface area contributed by atoms with E-state index in [9.17, 15) is 4.79 Å². The standard InChI is InChI=1S/C11H8O3.2CH4/c12-11(13)9-6-7-14-10(9)8-4-2-1-3-5-8;;/h1-7H,(H,12,13);2*1H4. The highest BCUT2D eigenvalue weighted by atomic mass is 16.4. The number of rotatable bonds is 2. The van der Waals surface area contributed by atoms with E-state index in [1.54, 1.807) is 0 Å². The van der Waals surface area contributed by atoms with E-state index in [4.69, 9.17) is 9.52 Å². The molecular formula is C13H16O3. The van der Waals surface area contributed by atoms with E-state index in [2.05, 4.69) is 0 Å². The summed E-state index contributed by atoms with van der Waals surface area (Å²) in [5.74, 6) is -0.573. The third-order valence-corrected chi connectivity index (χ3v) is 1.93. The summed E-state index contributed by atoms with van der Waals surface area (Å²) in [5, 5.41) is 8.86. The van der Waals surface area contributed by atoms with Gasteiger partial charge in [0.2, 0.25) is 0 Å². The van der Waals surface area contributed by atoms with Crippen LogP contribution in [0.15, 0.2) is 47.1 Å². The molecule has 86 valence electrons. The number of aromatic carboxylic acids is 1. The highest BCUT2D eigenvalue weighted by molar-refractivity contribution is 5.94. The maximum absolute atomic E-state index is 10.8. The van der Waals surface area contributed by atoms with Crippen LogP contribution < -0.4 is 0 Å². The van der Waals surface area contributed by atoms with E-state index in [1.165, 1.54) is 12.3 Å². The molecule has 3 nitrogen and oxygen atoms in total. The molecule has 1 aromatic carbocycles. The first-order valence-electron chi connectivity index (χ1n) is 4.15. The minimum atomic E-state index is -0.974. The highest BCUT2D eigenvalue weighted by Crippen LogP contribution is 2.24. The minimum Gasteiger partial charge on any atom is -0.478 e. The summed E-state index contributed by atoms with van der Waals surface area (Å²) in [7, 11) is 0. The number of carbonyl (C=O) groups is 1. The largest absolute Gasteiger partial charge is 0.478 e. The second-order valence-electron chi connectivity index (χ2n) is 2.83. The average Bonchev–Trinajstić information content (AvgIpc) is 2.67. The molecule has 0 aliphatic rings. The first-order chi connectivity index (χ1) is 6.79. The van der Waals surface area contributed by atoms with Gasteiger partial charge >= 0.3 is 5.97 Å². The predicted molar refractivity (Wildman–Crippen MR) is 64.6 cm³/mol. The monoisotopic (exact) mass is 220 g/mol. The third kappa shape index (κ3) is 2.51. The van der Waals surface area contributed by atoms with Gasteiger partial charge < -0.3 is 9.52 Å². The maximum Gasteiger partial charge on any atom is 0.339 e. The fourth-order valence-corrected chi connectivity index (χ4v) is 1.29. The van der Waals surface area contributed by atoms with E-state index in [0.717, 1.165) is 5.56 Å². The zero-order chi connectivity index (χ0) is 9.97. The van der Waals surface area contributed by atoms with Crippen LogP contribution in [-0.2, 0) is 0 Å². The molecular weight excluding hydrogens is 204 g/mol. The molecule has 0 bridgehead atoms. The smallest absolute Gasteiger partial charge is 0.339 e. The Kier molecular flexibility index (Phi) is 5.02. The van der Waals surface area contributed by atoms with Crippen molar-refractivity contribution in [2.45, 2.75) is 14.9 Å². The lowest BCUT2D eigenvalue weighted by atomic mass is 10.1. The van der Waals surface area contributed by atoms with Gasteiger partial charge in [-0.3, -0.25) is 0 Å². The van der Waals surface area contributed by atoms with Gasteiger partial charge in [-0.1, -0.05) is 45.2 Å². The molecule has 16 heavy (non-hydrogen) atoms. The van der Waals surface area contributed by atoms with E-state index >= 15 is 0 Å². The van der Waals surface area contributed by atoms with Gasteiger partial charge in [-0.15, -0.1) is 0 Å². The molecule has 0 spiro atoms. The molecule has 1 N–H and O–H groups in total. The zero-order valence-corrected chi connectivity index (χ0v) is 7.31. The number of furan rings is 1. The van der Waals surface area contributed by atoms with Crippen molar-refractivity contribution in [2.75, 3.05) is 0 Å². The summed E-state index contributed by atoms with van der Waals surface area (Å²) in [6.45, 7) is 0. The zero-order valence-electron chi connectivity index (χ0n) is 7.31. The Labute approximate surface area is 95.3 Å². The lowest BCUT2D eigenvalue weighted by molar-refractivity contribution is 0.0697. The van der Waals surface area contributed by atoms with Gasteiger partial charge in [0.05, 0.1) is 6.26 Å². The highest BCUT2D eigenvalue weighted by Gasteiger charge is 2.14. The van der Waals surface area contributed by atoms with E-state index < -0.39 is 5.97 Å². The van der Waals surface area contributed by atoms with Crippen molar-refractivity contribution in [3.05, 3.63) is 48.2 Å². The molecule has 0 saturated carbocycles. The van der Waals surface area contributed by atoms with E-state index in [-0.39, 0.29) is 20.4 Å². The molecule has 0 fully saturated rings. The van der Waals surface area contributed by atoms with E-state index in [1.807, 2.05) is 30.3 Å². The Hall–Kier alpha value is -2.03. The number of carboxylic acid groups (broad SMARTS) is 1. The molecule has 0 atom stereocenters. The molecule has 2 aromatic rings. The molecule has 1 aromatic heterocycles. The lowest BCUT2D eigenvalue weighted by Gasteiger charge is -1.97. The Balaban J connectivity index is 0.00000112. The second-order valence-corrected chi connectivity index (χ2v) is 2.83. The van der Waals surface area contributed by atoms with Crippen molar-refractivity contribution in [3.63, 3.8) is 0 Å². The maximum atomic E-state index is 10.8. The molecule has 0 saturated heterocycles. The van der Waals surface area contributed by atoms with E-state index in [0.29, 0.717) is 5.76 Å². The molecule has 3 heteroatoms. The number of benzene rings is 1. The molecule has 0 amide bonds. The van der Waals surface area contributed by atoms with Crippen molar-refractivity contribution < 1.29 is 14.3 Å². The first kappa shape index (κ1) is 14.0. The van der Waals surface area contributed by atoms with Gasteiger partial charge in [0.1, 0.15) is 11.3 Å². The van der Waals surface area contributed by atoms with Crippen molar-refractivity contribution in [3.8, 4) is 11.3 Å². The Morgan fingerprint density at radius 3 is 2.25 bits per heavy atom. The van der Waals surface area contributed by atoms with Crippen LogP contribution in [0.1, 0.15) is 25.2 Å². The fraction of sp³-hybridized carbons (Fsp3) is 0.154. The van der Waals surface area contributed by atoms with Crippen molar-refractivity contribution >= 4 is 5.97 Å². The van der Waals surface area contributed by atoms with Gasteiger partial charge in [0, 0.05) is 5.56 Å². The molecule has 2 rings (SSSR count). The Bertz CT molecular complexity index is 443. The minimum absolute atomic E-state index is 0. The average molecular weight is 220 g/mol. The normalized spacial score (nSPS) is 8.75. The van der Waals surface area contributed by atoms with Crippen LogP contribution in [0.25, 0.3) is 11.3 Å². The number of hydrogen-bond acceptors (Lipinski definition) is 2. The van der Waals surface area contributed by atoms with Crippen molar-refractivity contribution in [1.82, 2.24) is 0 Å². The topological polar surface area (TPSA) is 50.4 Å². The third-order valence-electron chi connectivity index (χ3n) is 1.93. The summed E-state index contributed by atoms with van der Waals surface area (Å²) in [6.07, 6.45) is 1.38. The molecule has 0 aliphatic carbocycles. The molecule has 0 radical (unpaired) electrons.